The first-order valence-electron chi connectivity index (χ1n) is 9.84. The average molecular weight is 392 g/mol. The van der Waals surface area contributed by atoms with Gasteiger partial charge in [-0.05, 0) is 54.8 Å². The lowest BCUT2D eigenvalue weighted by molar-refractivity contribution is 0.783. The molecule has 0 atom stereocenters. The van der Waals surface area contributed by atoms with E-state index in [9.17, 15) is 0 Å². The van der Waals surface area contributed by atoms with Gasteiger partial charge < -0.3 is 22.1 Å². The number of aromatic nitrogens is 2. The van der Waals surface area contributed by atoms with Crippen LogP contribution < -0.4 is 22.1 Å². The van der Waals surface area contributed by atoms with Crippen molar-refractivity contribution in [3.8, 4) is 0 Å². The molecule has 0 radical (unpaired) electrons. The number of nitrogens with one attached hydrogen (secondary N) is 2. The number of nitrogens with zero attached hydrogens (tertiary/aromatic N) is 3. The van der Waals surface area contributed by atoms with Crippen LogP contribution in [0.1, 0.15) is 32.3 Å². The lowest BCUT2D eigenvalue weighted by Gasteiger charge is -2.13. The second-order valence-corrected chi connectivity index (χ2v) is 7.34. The van der Waals surface area contributed by atoms with Crippen molar-refractivity contribution >= 4 is 28.6 Å². The Morgan fingerprint density at radius 2 is 2.00 bits per heavy atom. The van der Waals surface area contributed by atoms with Gasteiger partial charge in [0.05, 0.1) is 17.1 Å². The monoisotopic (exact) mass is 391 g/mol. The summed E-state index contributed by atoms with van der Waals surface area (Å²) >= 11 is 0. The minimum atomic E-state index is 0.320. The van der Waals surface area contributed by atoms with Crippen molar-refractivity contribution in [3.63, 3.8) is 0 Å². The van der Waals surface area contributed by atoms with Crippen LogP contribution in [-0.4, -0.2) is 29.3 Å². The van der Waals surface area contributed by atoms with Crippen LogP contribution in [0.25, 0.3) is 16.6 Å². The number of nitrogens with two attached hydrogens (primary N) is 2. The smallest absolute Gasteiger partial charge is 0.132 e. The van der Waals surface area contributed by atoms with Crippen molar-refractivity contribution in [1.82, 2.24) is 15.3 Å². The molecule has 29 heavy (non-hydrogen) atoms. The van der Waals surface area contributed by atoms with E-state index in [1.807, 2.05) is 37.5 Å². The minimum absolute atomic E-state index is 0.320. The normalized spacial score (nSPS) is 16.1. The molecule has 7 heteroatoms. The van der Waals surface area contributed by atoms with Gasteiger partial charge in [0.2, 0.25) is 0 Å². The Bertz CT molecular complexity index is 982. The molecule has 2 aromatic heterocycles. The molecule has 152 valence electrons. The van der Waals surface area contributed by atoms with Crippen LogP contribution in [0.2, 0.25) is 0 Å². The molecule has 6 N–H and O–H groups in total. The molecule has 0 amide bonds. The third-order valence-corrected chi connectivity index (χ3v) is 4.72. The van der Waals surface area contributed by atoms with Gasteiger partial charge in [-0.3, -0.25) is 9.98 Å². The number of anilines is 1. The van der Waals surface area contributed by atoms with E-state index in [2.05, 4.69) is 34.5 Å². The van der Waals surface area contributed by atoms with Crippen LogP contribution >= 0.6 is 0 Å². The molecule has 1 aliphatic rings. The van der Waals surface area contributed by atoms with E-state index in [1.165, 1.54) is 0 Å². The third kappa shape index (κ3) is 5.34. The standard InChI is InChI=1S/C22H29N7/c1-14(2)15(10-23)9-22(25-3)29-21-7-6-19-20(28-21)8-16(12-27-19)17(11-24)13-26-18-4-5-18/h6-14,18,25H,4-5,23-24H2,1-3H3,(H,28,29). The van der Waals surface area contributed by atoms with Crippen molar-refractivity contribution < 1.29 is 0 Å². The minimum Gasteiger partial charge on any atom is -0.404 e. The summed E-state index contributed by atoms with van der Waals surface area (Å²) in [7, 11) is 1.85. The van der Waals surface area contributed by atoms with Crippen molar-refractivity contribution in [1.29, 1.82) is 0 Å². The highest BCUT2D eigenvalue weighted by Gasteiger charge is 2.19. The fraction of sp³-hybridized carbons (Fsp3) is 0.318. The molecule has 0 unspecified atom stereocenters. The van der Waals surface area contributed by atoms with Gasteiger partial charge in [-0.15, -0.1) is 0 Å². The SMILES string of the molecule is CNC(=CC(=CN)C(C)C)Nc1ccc2ncc(C(C=NC3CC3)=CN)cc2n1. The van der Waals surface area contributed by atoms with E-state index in [-0.39, 0.29) is 0 Å². The van der Waals surface area contributed by atoms with Gasteiger partial charge in [0, 0.05) is 36.8 Å². The molecule has 0 aromatic carbocycles. The maximum absolute atomic E-state index is 5.81. The van der Waals surface area contributed by atoms with Crippen molar-refractivity contribution in [2.75, 3.05) is 12.4 Å². The largest absolute Gasteiger partial charge is 0.404 e. The van der Waals surface area contributed by atoms with E-state index in [0.29, 0.717) is 17.8 Å². The lowest BCUT2D eigenvalue weighted by Crippen LogP contribution is -2.16. The lowest BCUT2D eigenvalue weighted by atomic mass is 10.0. The van der Waals surface area contributed by atoms with E-state index in [4.69, 9.17) is 16.5 Å². The molecular formula is C22H29N7. The zero-order valence-corrected chi connectivity index (χ0v) is 17.2. The molecule has 1 fully saturated rings. The Hall–Kier alpha value is -3.35. The summed E-state index contributed by atoms with van der Waals surface area (Å²) in [6.07, 6.45) is 11.1. The van der Waals surface area contributed by atoms with Gasteiger partial charge in [0.15, 0.2) is 0 Å². The van der Waals surface area contributed by atoms with Crippen molar-refractivity contribution in [2.24, 2.45) is 22.4 Å². The van der Waals surface area contributed by atoms with E-state index in [1.54, 1.807) is 18.6 Å². The number of hydrogen-bond donors (Lipinski definition) is 4. The van der Waals surface area contributed by atoms with E-state index in [0.717, 1.165) is 46.4 Å². The fourth-order valence-corrected chi connectivity index (χ4v) is 2.74. The van der Waals surface area contributed by atoms with Gasteiger partial charge in [-0.25, -0.2) is 4.98 Å². The van der Waals surface area contributed by atoms with Gasteiger partial charge in [0.25, 0.3) is 0 Å². The Morgan fingerprint density at radius 3 is 2.62 bits per heavy atom. The number of allylic oxidation sites excluding steroid dienone is 3. The first-order valence-corrected chi connectivity index (χ1v) is 9.84. The molecule has 0 bridgehead atoms. The van der Waals surface area contributed by atoms with Crippen LogP contribution in [0, 0.1) is 5.92 Å². The molecule has 1 saturated carbocycles. The molecule has 3 rings (SSSR count). The summed E-state index contributed by atoms with van der Waals surface area (Å²) in [5.74, 6) is 1.84. The summed E-state index contributed by atoms with van der Waals surface area (Å²) in [6, 6.07) is 6.26. The predicted octanol–water partition coefficient (Wildman–Crippen LogP) is 3.13. The number of aliphatic imine (C=N–C) groups is 1. The molecule has 0 aliphatic heterocycles. The second-order valence-electron chi connectivity index (χ2n) is 7.34. The predicted molar refractivity (Wildman–Crippen MR) is 121 cm³/mol. The molecule has 2 heterocycles. The van der Waals surface area contributed by atoms with Gasteiger partial charge in [-0.2, -0.15) is 0 Å². The summed E-state index contributed by atoms with van der Waals surface area (Å²) in [5, 5.41) is 6.45. The molecule has 0 spiro atoms. The highest BCUT2D eigenvalue weighted by Crippen LogP contribution is 2.24. The molecular weight excluding hydrogens is 362 g/mol. The zero-order chi connectivity index (χ0) is 20.8. The summed E-state index contributed by atoms with van der Waals surface area (Å²) in [5.41, 5.74) is 15.9. The summed E-state index contributed by atoms with van der Waals surface area (Å²) in [6.45, 7) is 4.19. The quantitative estimate of drug-likeness (QED) is 0.406. The van der Waals surface area contributed by atoms with Crippen molar-refractivity contribution in [3.05, 3.63) is 59.8 Å². The Morgan fingerprint density at radius 1 is 1.21 bits per heavy atom. The van der Waals surface area contributed by atoms with Crippen LogP contribution in [0.3, 0.4) is 0 Å². The third-order valence-electron chi connectivity index (χ3n) is 4.72. The fourth-order valence-electron chi connectivity index (χ4n) is 2.74. The highest BCUT2D eigenvalue weighted by molar-refractivity contribution is 6.10. The first-order chi connectivity index (χ1) is 14.0. The molecule has 2 aromatic rings. The molecule has 7 nitrogen and oxygen atoms in total. The van der Waals surface area contributed by atoms with Crippen LogP contribution in [-0.2, 0) is 0 Å². The van der Waals surface area contributed by atoms with Crippen LogP contribution in [0.5, 0.6) is 0 Å². The van der Waals surface area contributed by atoms with Crippen LogP contribution in [0.15, 0.2) is 59.3 Å². The van der Waals surface area contributed by atoms with Gasteiger partial charge in [-0.1, -0.05) is 13.8 Å². The molecule has 1 aliphatic carbocycles. The van der Waals surface area contributed by atoms with E-state index >= 15 is 0 Å². The average Bonchev–Trinajstić information content (AvgIpc) is 3.55. The zero-order valence-electron chi connectivity index (χ0n) is 17.2. The number of hydrogen-bond acceptors (Lipinski definition) is 7. The number of rotatable bonds is 8. The number of fused-ring (bicyclic) bond motifs is 1. The first kappa shape index (κ1) is 20.4. The van der Waals surface area contributed by atoms with Crippen molar-refractivity contribution in [2.45, 2.75) is 32.7 Å². The summed E-state index contributed by atoms with van der Waals surface area (Å²) < 4.78 is 0. The van der Waals surface area contributed by atoms with Crippen LogP contribution in [0.4, 0.5) is 5.82 Å². The van der Waals surface area contributed by atoms with Gasteiger partial charge >= 0.3 is 0 Å². The van der Waals surface area contributed by atoms with Gasteiger partial charge in [0.1, 0.15) is 11.6 Å². The highest BCUT2D eigenvalue weighted by atomic mass is 15.1. The maximum atomic E-state index is 5.81. The molecule has 0 saturated heterocycles. The summed E-state index contributed by atoms with van der Waals surface area (Å²) in [4.78, 5) is 13.7. The second kappa shape index (κ2) is 9.23. The Labute approximate surface area is 171 Å². The number of pyridine rings is 2. The topological polar surface area (TPSA) is 114 Å². The van der Waals surface area contributed by atoms with E-state index < -0.39 is 0 Å². The Kier molecular flexibility index (Phi) is 6.49. The Balaban J connectivity index is 1.87. The maximum Gasteiger partial charge on any atom is 0.132 e.